The zero-order valence-corrected chi connectivity index (χ0v) is 13.2. The van der Waals surface area contributed by atoms with Crippen LogP contribution in [0.25, 0.3) is 0 Å². The van der Waals surface area contributed by atoms with E-state index in [9.17, 15) is 4.79 Å². The molecular formula is C17H19N3O4. The Morgan fingerprint density at radius 1 is 1.38 bits per heavy atom. The van der Waals surface area contributed by atoms with E-state index in [0.29, 0.717) is 25.4 Å². The van der Waals surface area contributed by atoms with Gasteiger partial charge in [0.1, 0.15) is 11.9 Å². The lowest BCUT2D eigenvalue weighted by Crippen LogP contribution is -2.38. The molecule has 2 heterocycles. The molecule has 0 spiro atoms. The van der Waals surface area contributed by atoms with Crippen LogP contribution >= 0.6 is 0 Å². The second kappa shape index (κ2) is 7.85. The Kier molecular flexibility index (Phi) is 5.35. The number of nitrogens with zero attached hydrogens (tertiary/aromatic N) is 3. The number of carbonyl (C=O) groups is 1. The van der Waals surface area contributed by atoms with Crippen molar-refractivity contribution in [2.24, 2.45) is 0 Å². The van der Waals surface area contributed by atoms with Gasteiger partial charge in [-0.2, -0.15) is 0 Å². The Balaban J connectivity index is 1.66. The molecule has 1 aromatic carbocycles. The Labute approximate surface area is 139 Å². The van der Waals surface area contributed by atoms with Gasteiger partial charge < -0.3 is 14.6 Å². The van der Waals surface area contributed by atoms with E-state index in [-0.39, 0.29) is 12.7 Å². The fraction of sp³-hybridized carbons (Fsp3) is 0.353. The summed E-state index contributed by atoms with van der Waals surface area (Å²) in [4.78, 5) is 21.3. The van der Waals surface area contributed by atoms with Gasteiger partial charge in [0.05, 0.1) is 18.5 Å². The maximum absolute atomic E-state index is 10.7. The molecule has 1 atom stereocenters. The van der Waals surface area contributed by atoms with E-state index in [1.165, 1.54) is 0 Å². The maximum Gasteiger partial charge on any atom is 0.341 e. The molecule has 1 aliphatic heterocycles. The Morgan fingerprint density at radius 3 is 3.04 bits per heavy atom. The van der Waals surface area contributed by atoms with Gasteiger partial charge in [0.25, 0.3) is 0 Å². The van der Waals surface area contributed by atoms with E-state index >= 15 is 0 Å². The van der Waals surface area contributed by atoms with Gasteiger partial charge in [-0.1, -0.05) is 18.2 Å². The number of carboxylic acids is 1. The first-order valence-electron chi connectivity index (χ1n) is 7.75. The van der Waals surface area contributed by atoms with Crippen LogP contribution in [0.3, 0.4) is 0 Å². The minimum absolute atomic E-state index is 0.112. The highest BCUT2D eigenvalue weighted by Crippen LogP contribution is 2.24. The van der Waals surface area contributed by atoms with Crippen LogP contribution in [0.15, 0.2) is 42.9 Å². The molecule has 1 aromatic heterocycles. The molecule has 1 N–H and O–H groups in total. The monoisotopic (exact) mass is 329 g/mol. The molecule has 0 radical (unpaired) electrons. The normalized spacial score (nSPS) is 18.2. The lowest BCUT2D eigenvalue weighted by atomic mass is 10.1. The van der Waals surface area contributed by atoms with Crippen LogP contribution in [0.2, 0.25) is 0 Å². The number of morpholine rings is 1. The molecule has 0 bridgehead atoms. The average molecular weight is 329 g/mol. The predicted octanol–water partition coefficient (Wildman–Crippen LogP) is 1.51. The molecule has 0 saturated carbocycles. The van der Waals surface area contributed by atoms with E-state index in [4.69, 9.17) is 14.6 Å². The molecule has 0 unspecified atom stereocenters. The van der Waals surface area contributed by atoms with Crippen LogP contribution in [0, 0.1) is 0 Å². The molecule has 2 aromatic rings. The third kappa shape index (κ3) is 4.27. The molecule has 1 fully saturated rings. The summed E-state index contributed by atoms with van der Waals surface area (Å²) >= 11 is 0. The quantitative estimate of drug-likeness (QED) is 0.860. The summed E-state index contributed by atoms with van der Waals surface area (Å²) in [6.45, 7) is 2.42. The van der Waals surface area contributed by atoms with Crippen molar-refractivity contribution < 1.29 is 19.4 Å². The Hall–Kier alpha value is -2.51. The van der Waals surface area contributed by atoms with Gasteiger partial charge in [-0.15, -0.1) is 0 Å². The summed E-state index contributed by atoms with van der Waals surface area (Å²) in [6, 6.07) is 7.49. The zero-order chi connectivity index (χ0) is 16.8. The second-order valence-electron chi connectivity index (χ2n) is 5.51. The molecule has 1 aliphatic rings. The van der Waals surface area contributed by atoms with Gasteiger partial charge in [0, 0.05) is 37.6 Å². The molecule has 0 aliphatic carbocycles. The van der Waals surface area contributed by atoms with E-state index in [1.54, 1.807) is 24.7 Å². The highest BCUT2D eigenvalue weighted by Gasteiger charge is 2.23. The lowest BCUT2D eigenvalue weighted by Gasteiger charge is -2.32. The molecule has 3 rings (SSSR count). The van der Waals surface area contributed by atoms with E-state index in [2.05, 4.69) is 14.9 Å². The summed E-state index contributed by atoms with van der Waals surface area (Å²) in [5.74, 6) is -0.388. The molecule has 7 heteroatoms. The lowest BCUT2D eigenvalue weighted by molar-refractivity contribution is -0.139. The number of aromatic nitrogens is 2. The topological polar surface area (TPSA) is 84.8 Å². The van der Waals surface area contributed by atoms with Crippen molar-refractivity contribution >= 4 is 5.97 Å². The van der Waals surface area contributed by atoms with Gasteiger partial charge in [-0.25, -0.2) is 4.79 Å². The number of para-hydroxylation sites is 1. The fourth-order valence-electron chi connectivity index (χ4n) is 2.66. The average Bonchev–Trinajstić information content (AvgIpc) is 2.62. The van der Waals surface area contributed by atoms with Gasteiger partial charge in [-0.3, -0.25) is 14.9 Å². The van der Waals surface area contributed by atoms with Crippen LogP contribution < -0.4 is 4.74 Å². The standard InChI is InChI=1S/C17H19N3O4/c21-17(22)12-24-15-4-2-1-3-13(15)10-20-7-8-23-16(11-20)14-9-18-5-6-19-14/h1-6,9,16H,7-8,10-12H2,(H,21,22)/t16-/m1/s1. The fourth-order valence-corrected chi connectivity index (χ4v) is 2.66. The Morgan fingerprint density at radius 2 is 2.25 bits per heavy atom. The molecule has 0 amide bonds. The maximum atomic E-state index is 10.7. The number of ether oxygens (including phenoxy) is 2. The first kappa shape index (κ1) is 16.4. The number of hydrogen-bond acceptors (Lipinski definition) is 6. The smallest absolute Gasteiger partial charge is 0.341 e. The summed E-state index contributed by atoms with van der Waals surface area (Å²) in [6.07, 6.45) is 4.91. The van der Waals surface area contributed by atoms with Gasteiger partial charge in [0.15, 0.2) is 6.61 Å². The van der Waals surface area contributed by atoms with Crippen molar-refractivity contribution in [3.8, 4) is 5.75 Å². The van der Waals surface area contributed by atoms with Crippen LogP contribution in [0.5, 0.6) is 5.75 Å². The molecular weight excluding hydrogens is 310 g/mol. The van der Waals surface area contributed by atoms with Crippen LogP contribution in [-0.4, -0.2) is 52.2 Å². The number of carboxylic acid groups (broad SMARTS) is 1. The second-order valence-corrected chi connectivity index (χ2v) is 5.51. The number of hydrogen-bond donors (Lipinski definition) is 1. The van der Waals surface area contributed by atoms with Crippen molar-refractivity contribution in [2.75, 3.05) is 26.3 Å². The number of aliphatic carboxylic acids is 1. The molecule has 126 valence electrons. The van der Waals surface area contributed by atoms with Gasteiger partial charge >= 0.3 is 5.97 Å². The van der Waals surface area contributed by atoms with Gasteiger partial charge in [0.2, 0.25) is 0 Å². The summed E-state index contributed by atoms with van der Waals surface area (Å²) in [5.41, 5.74) is 1.77. The number of rotatable bonds is 6. The van der Waals surface area contributed by atoms with Crippen molar-refractivity contribution in [1.82, 2.24) is 14.9 Å². The van der Waals surface area contributed by atoms with E-state index < -0.39 is 5.97 Å². The largest absolute Gasteiger partial charge is 0.482 e. The zero-order valence-electron chi connectivity index (χ0n) is 13.2. The first-order valence-corrected chi connectivity index (χ1v) is 7.75. The first-order chi connectivity index (χ1) is 11.7. The van der Waals surface area contributed by atoms with Crippen molar-refractivity contribution in [3.63, 3.8) is 0 Å². The van der Waals surface area contributed by atoms with Crippen molar-refractivity contribution in [2.45, 2.75) is 12.6 Å². The van der Waals surface area contributed by atoms with E-state index in [1.807, 2.05) is 18.2 Å². The minimum Gasteiger partial charge on any atom is -0.482 e. The predicted molar refractivity (Wildman–Crippen MR) is 85.6 cm³/mol. The van der Waals surface area contributed by atoms with E-state index in [0.717, 1.165) is 17.8 Å². The molecule has 7 nitrogen and oxygen atoms in total. The Bertz CT molecular complexity index is 681. The summed E-state index contributed by atoms with van der Waals surface area (Å²) < 4.78 is 11.2. The van der Waals surface area contributed by atoms with Crippen LogP contribution in [-0.2, 0) is 16.1 Å². The van der Waals surface area contributed by atoms with Crippen LogP contribution in [0.1, 0.15) is 17.4 Å². The molecule has 1 saturated heterocycles. The SMILES string of the molecule is O=C(O)COc1ccccc1CN1CCO[C@@H](c2cnccn2)C1. The van der Waals surface area contributed by atoms with Crippen molar-refractivity contribution in [1.29, 1.82) is 0 Å². The van der Waals surface area contributed by atoms with Crippen LogP contribution in [0.4, 0.5) is 0 Å². The highest BCUT2D eigenvalue weighted by atomic mass is 16.5. The van der Waals surface area contributed by atoms with Gasteiger partial charge in [-0.05, 0) is 6.07 Å². The highest BCUT2D eigenvalue weighted by molar-refractivity contribution is 5.68. The molecule has 24 heavy (non-hydrogen) atoms. The number of benzene rings is 1. The van der Waals surface area contributed by atoms with Crippen molar-refractivity contribution in [3.05, 3.63) is 54.1 Å². The minimum atomic E-state index is -0.987. The third-order valence-electron chi connectivity index (χ3n) is 3.78. The summed E-state index contributed by atoms with van der Waals surface area (Å²) in [5, 5.41) is 8.78. The summed E-state index contributed by atoms with van der Waals surface area (Å²) in [7, 11) is 0. The third-order valence-corrected chi connectivity index (χ3v) is 3.78.